The fraction of sp³-hybridized carbons (Fsp3) is 0.938. The molecule has 0 aromatic heterocycles. The second kappa shape index (κ2) is 14.6. The van der Waals surface area contributed by atoms with Crippen molar-refractivity contribution in [2.45, 2.75) is 32.7 Å². The van der Waals surface area contributed by atoms with Crippen LogP contribution in [0.4, 0.5) is 0 Å². The van der Waals surface area contributed by atoms with E-state index >= 15 is 0 Å². The molecule has 0 radical (unpaired) electrons. The third-order valence-electron chi connectivity index (χ3n) is 3.85. The molecule has 23 heavy (non-hydrogen) atoms. The van der Waals surface area contributed by atoms with Crippen molar-refractivity contribution in [2.24, 2.45) is 10.9 Å². The minimum atomic E-state index is 0. The van der Waals surface area contributed by atoms with Crippen molar-refractivity contribution in [3.05, 3.63) is 0 Å². The van der Waals surface area contributed by atoms with Crippen LogP contribution in [0.3, 0.4) is 0 Å². The van der Waals surface area contributed by atoms with E-state index in [0.29, 0.717) is 12.0 Å². The lowest BCUT2D eigenvalue weighted by molar-refractivity contribution is 0.0132. The highest BCUT2D eigenvalue weighted by atomic mass is 127. The minimum Gasteiger partial charge on any atom is -0.379 e. The predicted octanol–water partition coefficient (Wildman–Crippen LogP) is 2.27. The van der Waals surface area contributed by atoms with Gasteiger partial charge < -0.3 is 15.4 Å². The maximum Gasteiger partial charge on any atom is 0.191 e. The van der Waals surface area contributed by atoms with Crippen LogP contribution in [0, 0.1) is 5.92 Å². The first kappa shape index (κ1) is 23.3. The lowest BCUT2D eigenvalue weighted by Crippen LogP contribution is -2.51. The molecule has 1 unspecified atom stereocenters. The van der Waals surface area contributed by atoms with Gasteiger partial charge in [-0.15, -0.1) is 24.0 Å². The molecule has 1 saturated heterocycles. The van der Waals surface area contributed by atoms with Crippen LogP contribution in [0.25, 0.3) is 0 Å². The van der Waals surface area contributed by atoms with Crippen LogP contribution < -0.4 is 10.6 Å². The zero-order chi connectivity index (χ0) is 16.2. The first-order chi connectivity index (χ1) is 10.7. The maximum atomic E-state index is 5.48. The summed E-state index contributed by atoms with van der Waals surface area (Å²) in [5.41, 5.74) is 0. The summed E-state index contributed by atoms with van der Waals surface area (Å²) >= 11 is 1.89. The summed E-state index contributed by atoms with van der Waals surface area (Å²) in [4.78, 5) is 6.88. The van der Waals surface area contributed by atoms with Crippen molar-refractivity contribution < 1.29 is 4.74 Å². The van der Waals surface area contributed by atoms with Crippen molar-refractivity contribution >= 4 is 41.7 Å². The number of guanidine groups is 1. The topological polar surface area (TPSA) is 48.9 Å². The Morgan fingerprint density at radius 2 is 1.96 bits per heavy atom. The number of aliphatic imine (C=N–C) groups is 1. The quantitative estimate of drug-likeness (QED) is 0.240. The Morgan fingerprint density at radius 1 is 1.26 bits per heavy atom. The number of hydrogen-bond donors (Lipinski definition) is 2. The first-order valence-corrected chi connectivity index (χ1v) is 9.82. The molecule has 0 saturated carbocycles. The van der Waals surface area contributed by atoms with Crippen LogP contribution in [-0.4, -0.2) is 75.4 Å². The molecule has 1 rings (SSSR count). The summed E-state index contributed by atoms with van der Waals surface area (Å²) in [5, 5.41) is 6.90. The average Bonchev–Trinajstić information content (AvgIpc) is 2.53. The lowest BCUT2D eigenvalue weighted by Gasteiger charge is -2.35. The van der Waals surface area contributed by atoms with Gasteiger partial charge in [-0.1, -0.05) is 13.8 Å². The van der Waals surface area contributed by atoms with Gasteiger partial charge in [0.05, 0.1) is 13.2 Å². The SMILES string of the molecule is CN=C(NCCCSC)NCC(CC(C)C)N1CCOCC1.I. The third-order valence-corrected chi connectivity index (χ3v) is 4.55. The fourth-order valence-corrected chi connectivity index (χ4v) is 3.14. The number of hydrogen-bond acceptors (Lipinski definition) is 4. The Balaban J connectivity index is 0.00000484. The van der Waals surface area contributed by atoms with E-state index in [-0.39, 0.29) is 24.0 Å². The normalized spacial score (nSPS) is 17.7. The van der Waals surface area contributed by atoms with Gasteiger partial charge >= 0.3 is 0 Å². The molecule has 0 aromatic rings. The van der Waals surface area contributed by atoms with Crippen molar-refractivity contribution in [3.63, 3.8) is 0 Å². The summed E-state index contributed by atoms with van der Waals surface area (Å²) < 4.78 is 5.48. The molecule has 0 spiro atoms. The highest BCUT2D eigenvalue weighted by Crippen LogP contribution is 2.12. The highest BCUT2D eigenvalue weighted by molar-refractivity contribution is 14.0. The van der Waals surface area contributed by atoms with E-state index < -0.39 is 0 Å². The second-order valence-corrected chi connectivity index (χ2v) is 7.14. The second-order valence-electron chi connectivity index (χ2n) is 6.16. The van der Waals surface area contributed by atoms with Crippen LogP contribution in [0.1, 0.15) is 26.7 Å². The van der Waals surface area contributed by atoms with Crippen LogP contribution >= 0.6 is 35.7 Å². The number of nitrogens with one attached hydrogen (secondary N) is 2. The number of morpholine rings is 1. The van der Waals surface area contributed by atoms with Gasteiger partial charge in [0.25, 0.3) is 0 Å². The number of nitrogens with zero attached hydrogens (tertiary/aromatic N) is 2. The van der Waals surface area contributed by atoms with Crippen LogP contribution in [0.15, 0.2) is 4.99 Å². The van der Waals surface area contributed by atoms with E-state index in [1.165, 1.54) is 18.6 Å². The number of ether oxygens (including phenoxy) is 1. The summed E-state index contributed by atoms with van der Waals surface area (Å²) in [5.74, 6) is 2.81. The molecule has 1 aliphatic rings. The Morgan fingerprint density at radius 3 is 2.52 bits per heavy atom. The van der Waals surface area contributed by atoms with Crippen molar-refractivity contribution in [2.75, 3.05) is 58.4 Å². The van der Waals surface area contributed by atoms with Gasteiger partial charge in [0, 0.05) is 39.3 Å². The smallest absolute Gasteiger partial charge is 0.191 e. The molecule has 1 atom stereocenters. The van der Waals surface area contributed by atoms with Gasteiger partial charge in [0.2, 0.25) is 0 Å². The molecular formula is C16H35IN4OS. The van der Waals surface area contributed by atoms with Crippen LogP contribution in [0.2, 0.25) is 0 Å². The molecule has 0 aromatic carbocycles. The Kier molecular flexibility index (Phi) is 14.8. The Hall–Kier alpha value is 0.270. The van der Waals surface area contributed by atoms with Gasteiger partial charge in [0.15, 0.2) is 5.96 Å². The molecule has 0 amide bonds. The Labute approximate surface area is 163 Å². The van der Waals surface area contributed by atoms with E-state index in [1.54, 1.807) is 0 Å². The monoisotopic (exact) mass is 458 g/mol. The first-order valence-electron chi connectivity index (χ1n) is 8.42. The number of rotatable bonds is 9. The molecule has 0 bridgehead atoms. The molecular weight excluding hydrogens is 423 g/mol. The highest BCUT2D eigenvalue weighted by Gasteiger charge is 2.22. The molecule has 1 heterocycles. The van der Waals surface area contributed by atoms with E-state index in [2.05, 4.69) is 40.6 Å². The van der Waals surface area contributed by atoms with Crippen LogP contribution in [0.5, 0.6) is 0 Å². The van der Waals surface area contributed by atoms with E-state index in [1.807, 2.05) is 18.8 Å². The molecule has 0 aliphatic carbocycles. The van der Waals surface area contributed by atoms with Crippen LogP contribution in [-0.2, 0) is 4.74 Å². The van der Waals surface area contributed by atoms with Gasteiger partial charge in [-0.25, -0.2) is 0 Å². The summed E-state index contributed by atoms with van der Waals surface area (Å²) in [6.45, 7) is 10.3. The van der Waals surface area contributed by atoms with Crippen molar-refractivity contribution in [1.29, 1.82) is 0 Å². The minimum absolute atomic E-state index is 0. The largest absolute Gasteiger partial charge is 0.379 e. The van der Waals surface area contributed by atoms with Gasteiger partial charge in [-0.3, -0.25) is 9.89 Å². The molecule has 138 valence electrons. The van der Waals surface area contributed by atoms with Gasteiger partial charge in [0.1, 0.15) is 0 Å². The third kappa shape index (κ3) is 10.7. The number of thioether (sulfide) groups is 1. The Bertz CT molecular complexity index is 312. The zero-order valence-corrected chi connectivity index (χ0v) is 18.3. The molecule has 2 N–H and O–H groups in total. The molecule has 1 aliphatic heterocycles. The fourth-order valence-electron chi connectivity index (χ4n) is 2.71. The lowest BCUT2D eigenvalue weighted by atomic mass is 10.0. The van der Waals surface area contributed by atoms with E-state index in [4.69, 9.17) is 4.74 Å². The standard InChI is InChI=1S/C16H34N4OS.HI/c1-14(2)12-15(20-7-9-21-10-8-20)13-19-16(17-3)18-6-5-11-22-4;/h14-15H,5-13H2,1-4H3,(H2,17,18,19);1H. The zero-order valence-electron chi connectivity index (χ0n) is 15.1. The van der Waals surface area contributed by atoms with Crippen molar-refractivity contribution in [3.8, 4) is 0 Å². The summed E-state index contributed by atoms with van der Waals surface area (Å²) in [6, 6.07) is 0.550. The van der Waals surface area contributed by atoms with E-state index in [9.17, 15) is 0 Å². The summed E-state index contributed by atoms with van der Waals surface area (Å²) in [6.07, 6.45) is 4.52. The molecule has 5 nitrogen and oxygen atoms in total. The molecule has 1 fully saturated rings. The van der Waals surface area contributed by atoms with Crippen molar-refractivity contribution in [1.82, 2.24) is 15.5 Å². The van der Waals surface area contributed by atoms with Gasteiger partial charge in [-0.2, -0.15) is 11.8 Å². The number of halogens is 1. The average molecular weight is 458 g/mol. The van der Waals surface area contributed by atoms with Gasteiger partial charge in [-0.05, 0) is 30.8 Å². The van der Waals surface area contributed by atoms with E-state index in [0.717, 1.165) is 45.4 Å². The maximum absolute atomic E-state index is 5.48. The predicted molar refractivity (Wildman–Crippen MR) is 113 cm³/mol. The summed E-state index contributed by atoms with van der Waals surface area (Å²) in [7, 11) is 1.84. The molecule has 7 heteroatoms.